The molecule has 1 N–H and O–H groups in total. The molecule has 2 amide bonds. The van der Waals surface area contributed by atoms with Crippen molar-refractivity contribution in [2.75, 3.05) is 18.0 Å². The van der Waals surface area contributed by atoms with E-state index < -0.39 is 28.5 Å². The Morgan fingerprint density at radius 1 is 0.818 bits per heavy atom. The predicted octanol–water partition coefficient (Wildman–Crippen LogP) is 5.71. The average molecular weight is 634 g/mol. The van der Waals surface area contributed by atoms with E-state index in [1.807, 2.05) is 44.2 Å². The van der Waals surface area contributed by atoms with E-state index in [0.717, 1.165) is 15.4 Å². The molecule has 0 heterocycles. The molecule has 10 heteroatoms. The SMILES string of the molecule is COc1ccccc1N(CC(=O)N(Cc1ccc(Cl)cc1)[C@H](Cc1ccccc1)C(=O)NC(C)C)S(=O)(=O)c1ccccc1. The summed E-state index contributed by atoms with van der Waals surface area (Å²) < 4.78 is 34.7. The van der Waals surface area contributed by atoms with Gasteiger partial charge in [0.1, 0.15) is 18.3 Å². The van der Waals surface area contributed by atoms with E-state index in [1.165, 1.54) is 24.1 Å². The van der Waals surface area contributed by atoms with E-state index in [4.69, 9.17) is 16.3 Å². The first-order valence-corrected chi connectivity index (χ1v) is 16.0. The summed E-state index contributed by atoms with van der Waals surface area (Å²) in [7, 11) is -2.79. The minimum atomic E-state index is -4.23. The molecule has 0 saturated carbocycles. The molecule has 0 aliphatic heterocycles. The molecule has 0 fully saturated rings. The topological polar surface area (TPSA) is 96.0 Å². The first-order valence-electron chi connectivity index (χ1n) is 14.2. The molecular weight excluding hydrogens is 598 g/mol. The predicted molar refractivity (Wildman–Crippen MR) is 173 cm³/mol. The van der Waals surface area contributed by atoms with Gasteiger partial charge in [0.15, 0.2) is 0 Å². The maximum Gasteiger partial charge on any atom is 0.264 e. The van der Waals surface area contributed by atoms with Crippen LogP contribution in [-0.4, -0.2) is 50.9 Å². The lowest BCUT2D eigenvalue weighted by Gasteiger charge is -2.34. The summed E-state index contributed by atoms with van der Waals surface area (Å²) in [5.41, 5.74) is 1.78. The Hall–Kier alpha value is -4.34. The van der Waals surface area contributed by atoms with Gasteiger partial charge in [-0.25, -0.2) is 8.42 Å². The van der Waals surface area contributed by atoms with Crippen LogP contribution in [0, 0.1) is 0 Å². The number of amides is 2. The number of hydrogen-bond acceptors (Lipinski definition) is 5. The zero-order valence-corrected chi connectivity index (χ0v) is 26.5. The fourth-order valence-electron chi connectivity index (χ4n) is 4.79. The van der Waals surface area contributed by atoms with Gasteiger partial charge in [0.25, 0.3) is 10.0 Å². The highest BCUT2D eigenvalue weighted by atomic mass is 35.5. The van der Waals surface area contributed by atoms with Crippen LogP contribution in [0.3, 0.4) is 0 Å². The largest absolute Gasteiger partial charge is 0.495 e. The maximum absolute atomic E-state index is 14.5. The van der Waals surface area contributed by atoms with E-state index in [0.29, 0.717) is 5.02 Å². The highest BCUT2D eigenvalue weighted by molar-refractivity contribution is 7.92. The monoisotopic (exact) mass is 633 g/mol. The highest BCUT2D eigenvalue weighted by Crippen LogP contribution is 2.32. The maximum atomic E-state index is 14.5. The van der Waals surface area contributed by atoms with Crippen molar-refractivity contribution >= 4 is 39.1 Å². The van der Waals surface area contributed by atoms with Gasteiger partial charge in [0.2, 0.25) is 11.8 Å². The molecule has 0 saturated heterocycles. The number of carbonyl (C=O) groups excluding carboxylic acids is 2. The quantitative estimate of drug-likeness (QED) is 0.204. The molecule has 44 heavy (non-hydrogen) atoms. The van der Waals surface area contributed by atoms with E-state index in [-0.39, 0.29) is 41.2 Å². The number of carbonyl (C=O) groups is 2. The summed E-state index contributed by atoms with van der Waals surface area (Å²) >= 11 is 6.13. The van der Waals surface area contributed by atoms with Crippen molar-refractivity contribution in [2.24, 2.45) is 0 Å². The van der Waals surface area contributed by atoms with E-state index in [1.54, 1.807) is 66.7 Å². The van der Waals surface area contributed by atoms with Crippen molar-refractivity contribution in [2.45, 2.75) is 43.8 Å². The van der Waals surface area contributed by atoms with Crippen molar-refractivity contribution in [3.05, 3.63) is 125 Å². The number of anilines is 1. The second kappa shape index (κ2) is 14.9. The summed E-state index contributed by atoms with van der Waals surface area (Å²) in [6.07, 6.45) is 0.221. The summed E-state index contributed by atoms with van der Waals surface area (Å²) in [4.78, 5) is 29.7. The molecule has 0 spiro atoms. The van der Waals surface area contributed by atoms with Crippen molar-refractivity contribution < 1.29 is 22.7 Å². The Labute approximate surface area is 264 Å². The third kappa shape index (κ3) is 8.18. The number of halogens is 1. The first kappa shape index (κ1) is 32.6. The van der Waals surface area contributed by atoms with Gasteiger partial charge in [0.05, 0.1) is 17.7 Å². The minimum absolute atomic E-state index is 0.0151. The van der Waals surface area contributed by atoms with Gasteiger partial charge in [-0.3, -0.25) is 13.9 Å². The standard InChI is InChI=1S/C34H36ClN3O5S/c1-25(2)36-34(40)31(22-26-12-6-4-7-13-26)37(23-27-18-20-28(35)21-19-27)33(39)24-38(30-16-10-11-17-32(30)43-3)44(41,42)29-14-8-5-9-15-29/h4-21,25,31H,22-24H2,1-3H3,(H,36,40)/t31-/m1/s1. The van der Waals surface area contributed by atoms with Crippen LogP contribution in [0.1, 0.15) is 25.0 Å². The van der Waals surface area contributed by atoms with Crippen LogP contribution < -0.4 is 14.4 Å². The van der Waals surface area contributed by atoms with Crippen molar-refractivity contribution in [3.8, 4) is 5.75 Å². The molecule has 4 aromatic rings. The van der Waals surface area contributed by atoms with Crippen LogP contribution in [0.5, 0.6) is 5.75 Å². The van der Waals surface area contributed by atoms with Gasteiger partial charge in [-0.15, -0.1) is 0 Å². The molecule has 0 aromatic heterocycles. The third-order valence-electron chi connectivity index (χ3n) is 6.93. The number of nitrogens with one attached hydrogen (secondary N) is 1. The van der Waals surface area contributed by atoms with Gasteiger partial charge in [0, 0.05) is 24.0 Å². The summed E-state index contributed by atoms with van der Waals surface area (Å²) in [5.74, 6) is -0.631. The first-order chi connectivity index (χ1) is 21.1. The van der Waals surface area contributed by atoms with Crippen LogP contribution >= 0.6 is 11.6 Å². The molecule has 0 bridgehead atoms. The summed E-state index contributed by atoms with van der Waals surface area (Å²) in [6.45, 7) is 3.16. The summed E-state index contributed by atoms with van der Waals surface area (Å²) in [5, 5.41) is 3.48. The van der Waals surface area contributed by atoms with Crippen LogP contribution in [0.4, 0.5) is 5.69 Å². The fourth-order valence-corrected chi connectivity index (χ4v) is 6.36. The molecule has 4 aromatic carbocycles. The Morgan fingerprint density at radius 3 is 2.02 bits per heavy atom. The zero-order chi connectivity index (χ0) is 31.7. The number of methoxy groups -OCH3 is 1. The summed E-state index contributed by atoms with van der Waals surface area (Å²) in [6, 6.07) is 29.8. The number of sulfonamides is 1. The Bertz CT molecular complexity index is 1650. The average Bonchev–Trinajstić information content (AvgIpc) is 3.02. The van der Waals surface area contributed by atoms with Gasteiger partial charge in [-0.05, 0) is 61.4 Å². The van der Waals surface area contributed by atoms with Gasteiger partial charge < -0.3 is 15.0 Å². The molecule has 0 unspecified atom stereocenters. The smallest absolute Gasteiger partial charge is 0.264 e. The Balaban J connectivity index is 1.82. The Morgan fingerprint density at radius 2 is 1.41 bits per heavy atom. The second-order valence-electron chi connectivity index (χ2n) is 10.5. The minimum Gasteiger partial charge on any atom is -0.495 e. The van der Waals surface area contributed by atoms with E-state index >= 15 is 0 Å². The number of ether oxygens (including phenoxy) is 1. The normalized spacial score (nSPS) is 11.9. The van der Waals surface area contributed by atoms with Gasteiger partial charge >= 0.3 is 0 Å². The fraction of sp³-hybridized carbons (Fsp3) is 0.235. The van der Waals surface area contributed by atoms with Crippen molar-refractivity contribution in [3.63, 3.8) is 0 Å². The molecule has 0 radical (unpaired) electrons. The second-order valence-corrected chi connectivity index (χ2v) is 12.8. The molecule has 0 aliphatic rings. The molecule has 230 valence electrons. The number of benzene rings is 4. The number of rotatable bonds is 13. The lowest BCUT2D eigenvalue weighted by Crippen LogP contribution is -2.54. The highest BCUT2D eigenvalue weighted by Gasteiger charge is 2.35. The van der Waals surface area contributed by atoms with Crippen molar-refractivity contribution in [1.29, 1.82) is 0 Å². The van der Waals surface area contributed by atoms with Gasteiger partial charge in [-0.1, -0.05) is 84.4 Å². The van der Waals surface area contributed by atoms with Crippen LogP contribution in [-0.2, 0) is 32.6 Å². The lowest BCUT2D eigenvalue weighted by molar-refractivity contribution is -0.140. The molecule has 1 atom stereocenters. The number of para-hydroxylation sites is 2. The molecular formula is C34H36ClN3O5S. The zero-order valence-electron chi connectivity index (χ0n) is 24.9. The van der Waals surface area contributed by atoms with E-state index in [2.05, 4.69) is 5.32 Å². The molecule has 4 rings (SSSR count). The third-order valence-corrected chi connectivity index (χ3v) is 8.96. The van der Waals surface area contributed by atoms with Gasteiger partial charge in [-0.2, -0.15) is 0 Å². The number of nitrogens with zero attached hydrogens (tertiary/aromatic N) is 2. The lowest BCUT2D eigenvalue weighted by atomic mass is 10.0. The van der Waals surface area contributed by atoms with Crippen molar-refractivity contribution in [1.82, 2.24) is 10.2 Å². The Kier molecular flexibility index (Phi) is 11.0. The number of hydrogen-bond donors (Lipinski definition) is 1. The van der Waals surface area contributed by atoms with Crippen LogP contribution in [0.25, 0.3) is 0 Å². The van der Waals surface area contributed by atoms with Crippen LogP contribution in [0.15, 0.2) is 114 Å². The van der Waals surface area contributed by atoms with E-state index in [9.17, 15) is 18.0 Å². The molecule has 8 nitrogen and oxygen atoms in total. The molecule has 0 aliphatic carbocycles. The van der Waals surface area contributed by atoms with Crippen LogP contribution in [0.2, 0.25) is 5.02 Å².